The van der Waals surface area contributed by atoms with E-state index in [9.17, 15) is 4.79 Å². The third-order valence-electron chi connectivity index (χ3n) is 2.45. The fourth-order valence-electron chi connectivity index (χ4n) is 1.52. The third kappa shape index (κ3) is 2.49. The van der Waals surface area contributed by atoms with Gasteiger partial charge in [0.15, 0.2) is 0 Å². The lowest BCUT2D eigenvalue weighted by atomic mass is 9.81. The first kappa shape index (κ1) is 8.51. The molecule has 0 aromatic heterocycles. The van der Waals surface area contributed by atoms with E-state index in [1.807, 2.05) is 0 Å². The summed E-state index contributed by atoms with van der Waals surface area (Å²) in [5, 5.41) is 0. The lowest BCUT2D eigenvalue weighted by Gasteiger charge is -2.23. The SMILES string of the molecule is CC1(C=O)CC/C=C\CCC1. The van der Waals surface area contributed by atoms with Crippen molar-refractivity contribution in [2.45, 2.75) is 39.0 Å². The number of aldehydes is 1. The monoisotopic (exact) mass is 152 g/mol. The van der Waals surface area contributed by atoms with Crippen LogP contribution in [0.2, 0.25) is 0 Å². The summed E-state index contributed by atoms with van der Waals surface area (Å²) in [6.07, 6.45) is 11.0. The fraction of sp³-hybridized carbons (Fsp3) is 0.700. The maximum Gasteiger partial charge on any atom is 0.125 e. The van der Waals surface area contributed by atoms with Crippen molar-refractivity contribution < 1.29 is 4.79 Å². The molecule has 0 radical (unpaired) electrons. The molecule has 0 aromatic rings. The molecule has 0 N–H and O–H groups in total. The van der Waals surface area contributed by atoms with Gasteiger partial charge in [-0.05, 0) is 32.1 Å². The number of hydrogen-bond acceptors (Lipinski definition) is 1. The molecule has 1 rings (SSSR count). The molecule has 0 fully saturated rings. The molecule has 0 saturated heterocycles. The molecule has 1 nitrogen and oxygen atoms in total. The van der Waals surface area contributed by atoms with Gasteiger partial charge in [0.05, 0.1) is 0 Å². The Bertz CT molecular complexity index is 160. The van der Waals surface area contributed by atoms with Crippen LogP contribution in [0.4, 0.5) is 0 Å². The zero-order valence-corrected chi connectivity index (χ0v) is 7.18. The van der Waals surface area contributed by atoms with Crippen molar-refractivity contribution in [1.29, 1.82) is 0 Å². The summed E-state index contributed by atoms with van der Waals surface area (Å²) >= 11 is 0. The molecule has 0 aliphatic heterocycles. The second-order valence-electron chi connectivity index (χ2n) is 3.67. The third-order valence-corrected chi connectivity index (χ3v) is 2.45. The maximum atomic E-state index is 10.7. The van der Waals surface area contributed by atoms with Crippen molar-refractivity contribution in [3.8, 4) is 0 Å². The number of allylic oxidation sites excluding steroid dienone is 2. The van der Waals surface area contributed by atoms with Gasteiger partial charge in [-0.15, -0.1) is 0 Å². The molecule has 1 heteroatoms. The molecule has 62 valence electrons. The second-order valence-corrected chi connectivity index (χ2v) is 3.67. The first-order chi connectivity index (χ1) is 5.27. The van der Waals surface area contributed by atoms with Crippen LogP contribution in [-0.4, -0.2) is 6.29 Å². The minimum atomic E-state index is -0.0369. The molecule has 0 saturated carbocycles. The molecular weight excluding hydrogens is 136 g/mol. The average molecular weight is 152 g/mol. The van der Waals surface area contributed by atoms with Crippen molar-refractivity contribution in [2.24, 2.45) is 5.41 Å². The van der Waals surface area contributed by atoms with E-state index in [0.29, 0.717) is 0 Å². The largest absolute Gasteiger partial charge is 0.303 e. The standard InChI is InChI=1S/C10H16O/c1-10(9-11)7-5-3-2-4-6-8-10/h2-3,9H,4-8H2,1H3/b3-2-. The highest BCUT2D eigenvalue weighted by atomic mass is 16.1. The Balaban J connectivity index is 2.54. The van der Waals surface area contributed by atoms with E-state index in [-0.39, 0.29) is 5.41 Å². The van der Waals surface area contributed by atoms with Crippen LogP contribution in [0.1, 0.15) is 39.0 Å². The quantitative estimate of drug-likeness (QED) is 0.417. The van der Waals surface area contributed by atoms with E-state index in [1.165, 1.54) is 0 Å². The van der Waals surface area contributed by atoms with E-state index < -0.39 is 0 Å². The molecule has 0 amide bonds. The van der Waals surface area contributed by atoms with Gasteiger partial charge in [-0.3, -0.25) is 0 Å². The van der Waals surface area contributed by atoms with Gasteiger partial charge in [0, 0.05) is 5.41 Å². The van der Waals surface area contributed by atoms with Crippen LogP contribution in [-0.2, 0) is 4.79 Å². The van der Waals surface area contributed by atoms with E-state index >= 15 is 0 Å². The van der Waals surface area contributed by atoms with Crippen LogP contribution in [0, 0.1) is 5.41 Å². The molecular formula is C10H16O. The van der Waals surface area contributed by atoms with Crippen LogP contribution in [0.3, 0.4) is 0 Å². The Morgan fingerprint density at radius 2 is 2.00 bits per heavy atom. The van der Waals surface area contributed by atoms with Crippen molar-refractivity contribution in [3.05, 3.63) is 12.2 Å². The summed E-state index contributed by atoms with van der Waals surface area (Å²) < 4.78 is 0. The van der Waals surface area contributed by atoms with Crippen LogP contribution >= 0.6 is 0 Å². The molecule has 0 spiro atoms. The summed E-state index contributed by atoms with van der Waals surface area (Å²) in [6, 6.07) is 0. The molecule has 0 heterocycles. The van der Waals surface area contributed by atoms with Crippen molar-refractivity contribution in [1.82, 2.24) is 0 Å². The van der Waals surface area contributed by atoms with E-state index in [2.05, 4.69) is 19.1 Å². The minimum absolute atomic E-state index is 0.0369. The Hall–Kier alpha value is -0.590. The molecule has 1 atom stereocenters. The smallest absolute Gasteiger partial charge is 0.125 e. The predicted octanol–water partition coefficient (Wildman–Crippen LogP) is 2.71. The molecule has 11 heavy (non-hydrogen) atoms. The fourth-order valence-corrected chi connectivity index (χ4v) is 1.52. The lowest BCUT2D eigenvalue weighted by molar-refractivity contribution is -0.116. The summed E-state index contributed by atoms with van der Waals surface area (Å²) in [7, 11) is 0. The van der Waals surface area contributed by atoms with E-state index in [0.717, 1.165) is 38.4 Å². The molecule has 1 unspecified atom stereocenters. The average Bonchev–Trinajstić information content (AvgIpc) is 1.98. The summed E-state index contributed by atoms with van der Waals surface area (Å²) in [6.45, 7) is 2.07. The first-order valence-corrected chi connectivity index (χ1v) is 4.38. The Morgan fingerprint density at radius 1 is 1.27 bits per heavy atom. The highest BCUT2D eigenvalue weighted by molar-refractivity contribution is 5.58. The van der Waals surface area contributed by atoms with Gasteiger partial charge >= 0.3 is 0 Å². The molecule has 1 aliphatic rings. The normalized spacial score (nSPS) is 35.4. The van der Waals surface area contributed by atoms with Crippen molar-refractivity contribution in [3.63, 3.8) is 0 Å². The van der Waals surface area contributed by atoms with Crippen LogP contribution in [0.5, 0.6) is 0 Å². The summed E-state index contributed by atoms with van der Waals surface area (Å²) in [5.74, 6) is 0. The number of carbonyl (C=O) groups is 1. The van der Waals surface area contributed by atoms with Gasteiger partial charge in [0.2, 0.25) is 0 Å². The van der Waals surface area contributed by atoms with Crippen molar-refractivity contribution >= 4 is 6.29 Å². The second kappa shape index (κ2) is 3.70. The maximum absolute atomic E-state index is 10.7. The minimum Gasteiger partial charge on any atom is -0.303 e. The Morgan fingerprint density at radius 3 is 2.73 bits per heavy atom. The van der Waals surface area contributed by atoms with E-state index in [1.54, 1.807) is 0 Å². The molecule has 0 bridgehead atoms. The topological polar surface area (TPSA) is 17.1 Å². The number of carbonyl (C=O) groups excluding carboxylic acids is 1. The van der Waals surface area contributed by atoms with Gasteiger partial charge in [0.1, 0.15) is 6.29 Å². The zero-order chi connectivity index (χ0) is 8.16. The van der Waals surface area contributed by atoms with E-state index in [4.69, 9.17) is 0 Å². The molecule has 0 aromatic carbocycles. The highest BCUT2D eigenvalue weighted by Gasteiger charge is 2.22. The van der Waals surface area contributed by atoms with Gasteiger partial charge < -0.3 is 4.79 Å². The first-order valence-electron chi connectivity index (χ1n) is 4.38. The highest BCUT2D eigenvalue weighted by Crippen LogP contribution is 2.29. The number of rotatable bonds is 1. The molecule has 1 aliphatic carbocycles. The Kier molecular flexibility index (Phi) is 2.86. The Labute approximate surface area is 68.5 Å². The number of hydrogen-bond donors (Lipinski definition) is 0. The van der Waals surface area contributed by atoms with Gasteiger partial charge in [-0.2, -0.15) is 0 Å². The van der Waals surface area contributed by atoms with Gasteiger partial charge in [0.25, 0.3) is 0 Å². The van der Waals surface area contributed by atoms with Gasteiger partial charge in [-0.1, -0.05) is 19.1 Å². The summed E-state index contributed by atoms with van der Waals surface area (Å²) in [4.78, 5) is 10.7. The summed E-state index contributed by atoms with van der Waals surface area (Å²) in [5.41, 5.74) is -0.0369. The van der Waals surface area contributed by atoms with Gasteiger partial charge in [-0.25, -0.2) is 0 Å². The zero-order valence-electron chi connectivity index (χ0n) is 7.18. The van der Waals surface area contributed by atoms with Crippen LogP contribution < -0.4 is 0 Å². The van der Waals surface area contributed by atoms with Crippen LogP contribution in [0.25, 0.3) is 0 Å². The predicted molar refractivity (Wildman–Crippen MR) is 46.4 cm³/mol. The lowest BCUT2D eigenvalue weighted by Crippen LogP contribution is -2.18. The van der Waals surface area contributed by atoms with Crippen molar-refractivity contribution in [2.75, 3.05) is 0 Å². The van der Waals surface area contributed by atoms with Crippen LogP contribution in [0.15, 0.2) is 12.2 Å².